The maximum Gasteiger partial charge on any atom is 0.253 e. The number of amides is 3. The van der Waals surface area contributed by atoms with Crippen LogP contribution in [0.4, 0.5) is 5.69 Å². The third kappa shape index (κ3) is 5.34. The van der Waals surface area contributed by atoms with Crippen LogP contribution < -0.4 is 16.4 Å². The van der Waals surface area contributed by atoms with Crippen molar-refractivity contribution in [3.63, 3.8) is 0 Å². The summed E-state index contributed by atoms with van der Waals surface area (Å²) in [6.07, 6.45) is 0. The van der Waals surface area contributed by atoms with E-state index in [1.165, 1.54) is 4.90 Å². The summed E-state index contributed by atoms with van der Waals surface area (Å²) in [5, 5.41) is 5.16. The molecule has 7 nitrogen and oxygen atoms in total. The maximum absolute atomic E-state index is 12.1. The van der Waals surface area contributed by atoms with Crippen LogP contribution in [0.15, 0.2) is 18.2 Å². The molecule has 1 aromatic carbocycles. The molecule has 0 unspecified atom stereocenters. The Morgan fingerprint density at radius 2 is 1.83 bits per heavy atom. The molecule has 0 heterocycles. The van der Waals surface area contributed by atoms with Crippen molar-refractivity contribution in [1.29, 1.82) is 0 Å². The molecule has 0 spiro atoms. The first-order valence-electron chi connectivity index (χ1n) is 7.79. The standard InChI is InChI=1S/C17H26N4O3/c1-10(2)15(18)16(23)19-9-14(22)20-12-7-6-11(3)13(8-12)17(24)21(4)5/h6-8,10,15H,9,18H2,1-5H3,(H,19,23)(H,20,22)/t15-/m0/s1. The van der Waals surface area contributed by atoms with Crippen LogP contribution in [0.5, 0.6) is 0 Å². The van der Waals surface area contributed by atoms with Crippen molar-refractivity contribution in [3.05, 3.63) is 29.3 Å². The third-order valence-corrected chi connectivity index (χ3v) is 3.60. The van der Waals surface area contributed by atoms with Gasteiger partial charge in [0.2, 0.25) is 11.8 Å². The molecular weight excluding hydrogens is 308 g/mol. The van der Waals surface area contributed by atoms with Gasteiger partial charge in [0.25, 0.3) is 5.91 Å². The van der Waals surface area contributed by atoms with Crippen molar-refractivity contribution in [1.82, 2.24) is 10.2 Å². The van der Waals surface area contributed by atoms with Gasteiger partial charge in [-0.1, -0.05) is 19.9 Å². The van der Waals surface area contributed by atoms with E-state index in [9.17, 15) is 14.4 Å². The Morgan fingerprint density at radius 3 is 2.38 bits per heavy atom. The lowest BCUT2D eigenvalue weighted by Crippen LogP contribution is -2.46. The van der Waals surface area contributed by atoms with Crippen molar-refractivity contribution in [2.75, 3.05) is 26.0 Å². The van der Waals surface area contributed by atoms with E-state index in [1.807, 2.05) is 20.8 Å². The average Bonchev–Trinajstić information content (AvgIpc) is 2.52. The summed E-state index contributed by atoms with van der Waals surface area (Å²) in [6.45, 7) is 5.32. The molecule has 24 heavy (non-hydrogen) atoms. The molecule has 4 N–H and O–H groups in total. The quantitative estimate of drug-likeness (QED) is 0.713. The summed E-state index contributed by atoms with van der Waals surface area (Å²) >= 11 is 0. The van der Waals surface area contributed by atoms with Gasteiger partial charge in [-0.05, 0) is 30.5 Å². The molecule has 132 valence electrons. The second-order valence-corrected chi connectivity index (χ2v) is 6.27. The fourth-order valence-electron chi connectivity index (χ4n) is 1.96. The monoisotopic (exact) mass is 334 g/mol. The number of nitrogens with one attached hydrogen (secondary N) is 2. The maximum atomic E-state index is 12.1. The first kappa shape index (κ1) is 19.6. The van der Waals surface area contributed by atoms with Gasteiger partial charge in [-0.2, -0.15) is 0 Å². The lowest BCUT2D eigenvalue weighted by atomic mass is 10.1. The van der Waals surface area contributed by atoms with Gasteiger partial charge >= 0.3 is 0 Å². The van der Waals surface area contributed by atoms with Gasteiger partial charge in [0.15, 0.2) is 0 Å². The Bertz CT molecular complexity index is 626. The number of nitrogens with two attached hydrogens (primary N) is 1. The first-order valence-corrected chi connectivity index (χ1v) is 7.79. The third-order valence-electron chi connectivity index (χ3n) is 3.60. The highest BCUT2D eigenvalue weighted by Crippen LogP contribution is 2.16. The van der Waals surface area contributed by atoms with Gasteiger partial charge in [-0.15, -0.1) is 0 Å². The fraction of sp³-hybridized carbons (Fsp3) is 0.471. The summed E-state index contributed by atoms with van der Waals surface area (Å²) < 4.78 is 0. The molecule has 0 aliphatic carbocycles. The topological polar surface area (TPSA) is 105 Å². The van der Waals surface area contributed by atoms with Crippen LogP contribution in [0, 0.1) is 12.8 Å². The SMILES string of the molecule is Cc1ccc(NC(=O)CNC(=O)[C@@H](N)C(C)C)cc1C(=O)N(C)C. The highest BCUT2D eigenvalue weighted by Gasteiger charge is 2.18. The highest BCUT2D eigenvalue weighted by atomic mass is 16.2. The van der Waals surface area contributed by atoms with Gasteiger partial charge in [-0.3, -0.25) is 14.4 Å². The van der Waals surface area contributed by atoms with Crippen LogP contribution in [-0.2, 0) is 9.59 Å². The predicted octanol–water partition coefficient (Wildman–Crippen LogP) is 0.735. The molecule has 0 aliphatic heterocycles. The second-order valence-electron chi connectivity index (χ2n) is 6.27. The largest absolute Gasteiger partial charge is 0.346 e. The smallest absolute Gasteiger partial charge is 0.253 e. The number of aryl methyl sites for hydroxylation is 1. The van der Waals surface area contributed by atoms with Crippen LogP contribution in [0.1, 0.15) is 29.8 Å². The van der Waals surface area contributed by atoms with E-state index in [0.717, 1.165) is 5.56 Å². The Morgan fingerprint density at radius 1 is 1.21 bits per heavy atom. The van der Waals surface area contributed by atoms with E-state index < -0.39 is 6.04 Å². The molecule has 0 saturated carbocycles. The fourth-order valence-corrected chi connectivity index (χ4v) is 1.96. The molecule has 1 aromatic rings. The van der Waals surface area contributed by atoms with E-state index in [2.05, 4.69) is 10.6 Å². The molecule has 3 amide bonds. The number of hydrogen-bond donors (Lipinski definition) is 3. The minimum Gasteiger partial charge on any atom is -0.346 e. The zero-order valence-corrected chi connectivity index (χ0v) is 14.8. The van der Waals surface area contributed by atoms with Crippen LogP contribution >= 0.6 is 0 Å². The number of carbonyl (C=O) groups excluding carboxylic acids is 3. The van der Waals surface area contributed by atoms with Crippen LogP contribution in [0.3, 0.4) is 0 Å². The van der Waals surface area contributed by atoms with Gasteiger partial charge in [0, 0.05) is 25.3 Å². The summed E-state index contributed by atoms with van der Waals surface area (Å²) in [6, 6.07) is 4.44. The molecule has 0 aromatic heterocycles. The van der Waals surface area contributed by atoms with E-state index in [1.54, 1.807) is 32.3 Å². The average molecular weight is 334 g/mol. The van der Waals surface area contributed by atoms with E-state index in [-0.39, 0.29) is 30.2 Å². The highest BCUT2D eigenvalue weighted by molar-refractivity contribution is 5.99. The molecular formula is C17H26N4O3. The Labute approximate surface area is 142 Å². The summed E-state index contributed by atoms with van der Waals surface area (Å²) in [7, 11) is 3.33. The molecule has 0 radical (unpaired) electrons. The summed E-state index contributed by atoms with van der Waals surface area (Å²) in [4.78, 5) is 37.3. The molecule has 1 atom stereocenters. The Balaban J connectivity index is 2.70. The minimum atomic E-state index is -0.651. The second kappa shape index (κ2) is 8.44. The number of nitrogens with zero attached hydrogens (tertiary/aromatic N) is 1. The molecule has 7 heteroatoms. The Kier molecular flexibility index (Phi) is 6.91. The van der Waals surface area contributed by atoms with Crippen molar-refractivity contribution in [2.24, 2.45) is 11.7 Å². The van der Waals surface area contributed by atoms with Gasteiger partial charge in [0.1, 0.15) is 0 Å². The molecule has 1 rings (SSSR count). The van der Waals surface area contributed by atoms with Crippen molar-refractivity contribution in [3.8, 4) is 0 Å². The Hall–Kier alpha value is -2.41. The zero-order chi connectivity index (χ0) is 18.4. The summed E-state index contributed by atoms with van der Waals surface area (Å²) in [5.74, 6) is -0.900. The van der Waals surface area contributed by atoms with Gasteiger partial charge in [0.05, 0.1) is 12.6 Å². The van der Waals surface area contributed by atoms with Crippen LogP contribution in [0.2, 0.25) is 0 Å². The van der Waals surface area contributed by atoms with Gasteiger partial charge in [-0.25, -0.2) is 0 Å². The number of hydrogen-bond acceptors (Lipinski definition) is 4. The zero-order valence-electron chi connectivity index (χ0n) is 14.8. The molecule has 0 fully saturated rings. The van der Waals surface area contributed by atoms with Crippen molar-refractivity contribution in [2.45, 2.75) is 26.8 Å². The van der Waals surface area contributed by atoms with E-state index in [0.29, 0.717) is 11.3 Å². The number of carbonyl (C=O) groups is 3. The van der Waals surface area contributed by atoms with Crippen LogP contribution in [-0.4, -0.2) is 49.3 Å². The number of rotatable bonds is 6. The number of anilines is 1. The lowest BCUT2D eigenvalue weighted by molar-refractivity contribution is -0.125. The van der Waals surface area contributed by atoms with Crippen molar-refractivity contribution >= 4 is 23.4 Å². The van der Waals surface area contributed by atoms with E-state index in [4.69, 9.17) is 5.73 Å². The molecule has 0 bridgehead atoms. The minimum absolute atomic E-state index is 0.00948. The van der Waals surface area contributed by atoms with Gasteiger partial charge < -0.3 is 21.3 Å². The number of benzene rings is 1. The molecule has 0 aliphatic rings. The molecule has 0 saturated heterocycles. The predicted molar refractivity (Wildman–Crippen MR) is 93.6 cm³/mol. The first-order chi connectivity index (χ1) is 11.1. The lowest BCUT2D eigenvalue weighted by Gasteiger charge is -2.16. The summed E-state index contributed by atoms with van der Waals surface area (Å²) in [5.41, 5.74) is 7.55. The van der Waals surface area contributed by atoms with E-state index >= 15 is 0 Å². The normalized spacial score (nSPS) is 11.8. The van der Waals surface area contributed by atoms with Crippen molar-refractivity contribution < 1.29 is 14.4 Å². The van der Waals surface area contributed by atoms with Crippen LogP contribution in [0.25, 0.3) is 0 Å².